The van der Waals surface area contributed by atoms with E-state index in [1.807, 2.05) is 25.1 Å². The van der Waals surface area contributed by atoms with Crippen LogP contribution in [-0.2, 0) is 4.79 Å². The molecule has 2 N–H and O–H groups in total. The molecule has 0 amide bonds. The number of anilines is 1. The minimum Gasteiger partial charge on any atom is -0.481 e. The zero-order valence-corrected chi connectivity index (χ0v) is 10.2. The Kier molecular flexibility index (Phi) is 4.62. The number of carboxylic acids is 1. The van der Waals surface area contributed by atoms with Gasteiger partial charge in [0.15, 0.2) is 0 Å². The van der Waals surface area contributed by atoms with E-state index in [9.17, 15) is 4.79 Å². The van der Waals surface area contributed by atoms with Gasteiger partial charge in [-0.2, -0.15) is 0 Å². The normalized spacial score (nSPS) is 10.0. The number of benzene rings is 1. The van der Waals surface area contributed by atoms with Crippen molar-refractivity contribution in [3.8, 4) is 0 Å². The highest BCUT2D eigenvalue weighted by Gasteiger charge is 2.00. The molecule has 0 unspecified atom stereocenters. The van der Waals surface area contributed by atoms with Crippen molar-refractivity contribution >= 4 is 27.6 Å². The van der Waals surface area contributed by atoms with Crippen molar-refractivity contribution in [3.05, 3.63) is 28.2 Å². The molecule has 0 spiro atoms. The van der Waals surface area contributed by atoms with Crippen LogP contribution in [-0.4, -0.2) is 17.6 Å². The van der Waals surface area contributed by atoms with Gasteiger partial charge in [0.25, 0.3) is 0 Å². The van der Waals surface area contributed by atoms with Crippen LogP contribution in [0.25, 0.3) is 0 Å². The number of nitrogens with one attached hydrogen (secondary N) is 1. The van der Waals surface area contributed by atoms with Crippen molar-refractivity contribution in [2.45, 2.75) is 19.8 Å². The van der Waals surface area contributed by atoms with Gasteiger partial charge in [0.1, 0.15) is 0 Å². The van der Waals surface area contributed by atoms with Crippen molar-refractivity contribution in [1.82, 2.24) is 0 Å². The summed E-state index contributed by atoms with van der Waals surface area (Å²) in [6.07, 6.45) is 0.839. The Labute approximate surface area is 97.6 Å². The van der Waals surface area contributed by atoms with Crippen molar-refractivity contribution in [3.63, 3.8) is 0 Å². The van der Waals surface area contributed by atoms with Gasteiger partial charge >= 0.3 is 5.97 Å². The van der Waals surface area contributed by atoms with Crippen molar-refractivity contribution in [1.29, 1.82) is 0 Å². The van der Waals surface area contributed by atoms with Crippen LogP contribution in [0.3, 0.4) is 0 Å². The molecule has 15 heavy (non-hydrogen) atoms. The summed E-state index contributed by atoms with van der Waals surface area (Å²) in [5.74, 6) is -0.750. The lowest BCUT2D eigenvalue weighted by atomic mass is 10.2. The van der Waals surface area contributed by atoms with E-state index in [-0.39, 0.29) is 6.42 Å². The highest BCUT2D eigenvalue weighted by atomic mass is 79.9. The number of carbonyl (C=O) groups is 1. The number of rotatable bonds is 5. The average Bonchev–Trinajstić information content (AvgIpc) is 2.17. The summed E-state index contributed by atoms with van der Waals surface area (Å²) in [4.78, 5) is 10.3. The minimum atomic E-state index is -0.750. The summed E-state index contributed by atoms with van der Waals surface area (Å²) >= 11 is 3.43. The molecule has 4 heteroatoms. The molecule has 0 aromatic heterocycles. The Morgan fingerprint density at radius 3 is 2.93 bits per heavy atom. The van der Waals surface area contributed by atoms with Gasteiger partial charge in [-0.05, 0) is 47.0 Å². The predicted octanol–water partition coefficient (Wildman–Crippen LogP) is 3.03. The van der Waals surface area contributed by atoms with E-state index >= 15 is 0 Å². The number of aliphatic carboxylic acids is 1. The highest BCUT2D eigenvalue weighted by molar-refractivity contribution is 9.10. The van der Waals surface area contributed by atoms with E-state index in [4.69, 9.17) is 5.11 Å². The van der Waals surface area contributed by atoms with E-state index in [1.165, 1.54) is 5.56 Å². The quantitative estimate of drug-likeness (QED) is 0.810. The van der Waals surface area contributed by atoms with E-state index in [2.05, 4.69) is 21.2 Å². The Bertz CT molecular complexity index is 352. The molecule has 1 aromatic carbocycles. The zero-order chi connectivity index (χ0) is 11.3. The summed E-state index contributed by atoms with van der Waals surface area (Å²) < 4.78 is 1.00. The summed E-state index contributed by atoms with van der Waals surface area (Å²) in [7, 11) is 0. The molecule has 0 saturated carbocycles. The van der Waals surface area contributed by atoms with Crippen LogP contribution in [0, 0.1) is 6.92 Å². The maximum Gasteiger partial charge on any atom is 0.303 e. The van der Waals surface area contributed by atoms with Gasteiger partial charge < -0.3 is 10.4 Å². The summed E-state index contributed by atoms with van der Waals surface area (Å²) in [5.41, 5.74) is 2.19. The van der Waals surface area contributed by atoms with Crippen LogP contribution < -0.4 is 5.32 Å². The fourth-order valence-corrected chi connectivity index (χ4v) is 1.62. The average molecular weight is 272 g/mol. The molecule has 0 aliphatic carbocycles. The first-order valence-corrected chi connectivity index (χ1v) is 5.60. The molecule has 82 valence electrons. The largest absolute Gasteiger partial charge is 0.481 e. The molecule has 0 bridgehead atoms. The lowest BCUT2D eigenvalue weighted by Crippen LogP contribution is -2.05. The second kappa shape index (κ2) is 5.75. The van der Waals surface area contributed by atoms with Crippen LogP contribution in [0.5, 0.6) is 0 Å². The molecule has 0 aliphatic rings. The number of hydrogen-bond donors (Lipinski definition) is 2. The number of carboxylic acid groups (broad SMARTS) is 1. The monoisotopic (exact) mass is 271 g/mol. The number of halogens is 1. The van der Waals surface area contributed by atoms with Gasteiger partial charge in [-0.1, -0.05) is 6.07 Å². The third-order valence-corrected chi connectivity index (χ3v) is 2.70. The van der Waals surface area contributed by atoms with Crippen molar-refractivity contribution < 1.29 is 9.90 Å². The first-order valence-electron chi connectivity index (χ1n) is 4.81. The van der Waals surface area contributed by atoms with Gasteiger partial charge in [-0.25, -0.2) is 0 Å². The van der Waals surface area contributed by atoms with Gasteiger partial charge in [0, 0.05) is 23.1 Å². The SMILES string of the molecule is Cc1ccc(Br)c(NCCCC(=O)O)c1. The first-order chi connectivity index (χ1) is 7.09. The third kappa shape index (κ3) is 4.34. The van der Waals surface area contributed by atoms with E-state index in [0.29, 0.717) is 13.0 Å². The number of hydrogen-bond acceptors (Lipinski definition) is 2. The molecule has 0 atom stereocenters. The van der Waals surface area contributed by atoms with Crippen LogP contribution in [0.4, 0.5) is 5.69 Å². The Morgan fingerprint density at radius 2 is 2.27 bits per heavy atom. The van der Waals surface area contributed by atoms with Gasteiger partial charge in [0.2, 0.25) is 0 Å². The summed E-state index contributed by atoms with van der Waals surface area (Å²) in [6, 6.07) is 6.03. The second-order valence-electron chi connectivity index (χ2n) is 3.41. The van der Waals surface area contributed by atoms with E-state index in [0.717, 1.165) is 10.2 Å². The van der Waals surface area contributed by atoms with Gasteiger partial charge in [-0.3, -0.25) is 4.79 Å². The Balaban J connectivity index is 2.43. The second-order valence-corrected chi connectivity index (χ2v) is 4.26. The lowest BCUT2D eigenvalue weighted by Gasteiger charge is -2.08. The number of aryl methyl sites for hydroxylation is 1. The van der Waals surface area contributed by atoms with Crippen molar-refractivity contribution in [2.24, 2.45) is 0 Å². The maximum absolute atomic E-state index is 10.3. The fraction of sp³-hybridized carbons (Fsp3) is 0.364. The van der Waals surface area contributed by atoms with Gasteiger partial charge in [-0.15, -0.1) is 0 Å². The van der Waals surface area contributed by atoms with Crippen molar-refractivity contribution in [2.75, 3.05) is 11.9 Å². The fourth-order valence-electron chi connectivity index (χ4n) is 1.24. The van der Waals surface area contributed by atoms with E-state index < -0.39 is 5.97 Å². The van der Waals surface area contributed by atoms with Crippen LogP contribution in [0.1, 0.15) is 18.4 Å². The highest BCUT2D eigenvalue weighted by Crippen LogP contribution is 2.23. The summed E-state index contributed by atoms with van der Waals surface area (Å²) in [6.45, 7) is 2.70. The molecular formula is C11H14BrNO2. The molecule has 0 heterocycles. The molecule has 1 rings (SSSR count). The maximum atomic E-state index is 10.3. The molecule has 1 aromatic rings. The third-order valence-electron chi connectivity index (χ3n) is 2.00. The summed E-state index contributed by atoms with van der Waals surface area (Å²) in [5, 5.41) is 11.7. The molecular weight excluding hydrogens is 258 g/mol. The van der Waals surface area contributed by atoms with Crippen LogP contribution >= 0.6 is 15.9 Å². The molecule has 0 radical (unpaired) electrons. The Hall–Kier alpha value is -1.03. The topological polar surface area (TPSA) is 49.3 Å². The minimum absolute atomic E-state index is 0.205. The molecule has 0 fully saturated rings. The predicted molar refractivity (Wildman–Crippen MR) is 64.2 cm³/mol. The lowest BCUT2D eigenvalue weighted by molar-refractivity contribution is -0.137. The van der Waals surface area contributed by atoms with Gasteiger partial charge in [0.05, 0.1) is 0 Å². The zero-order valence-electron chi connectivity index (χ0n) is 8.59. The molecule has 3 nitrogen and oxygen atoms in total. The standard InChI is InChI=1S/C11H14BrNO2/c1-8-4-5-9(12)10(7-8)13-6-2-3-11(14)15/h4-5,7,13H,2-3,6H2,1H3,(H,14,15). The first kappa shape index (κ1) is 12.0. The van der Waals surface area contributed by atoms with E-state index in [1.54, 1.807) is 0 Å². The Morgan fingerprint density at radius 1 is 1.53 bits per heavy atom. The van der Waals surface area contributed by atoms with Crippen LogP contribution in [0.15, 0.2) is 22.7 Å². The molecule has 0 saturated heterocycles. The smallest absolute Gasteiger partial charge is 0.303 e. The molecule has 0 aliphatic heterocycles. The van der Waals surface area contributed by atoms with Crippen LogP contribution in [0.2, 0.25) is 0 Å².